The van der Waals surface area contributed by atoms with Crippen molar-refractivity contribution in [1.29, 1.82) is 0 Å². The average molecular weight is 253 g/mol. The van der Waals surface area contributed by atoms with Crippen LogP contribution in [0, 0.1) is 5.92 Å². The normalized spacial score (nSPS) is 13.6. The van der Waals surface area contributed by atoms with Crippen molar-refractivity contribution in [2.24, 2.45) is 11.7 Å². The first-order valence-electron chi connectivity index (χ1n) is 7.92. The van der Waals surface area contributed by atoms with Crippen molar-refractivity contribution in [3.63, 3.8) is 0 Å². The van der Waals surface area contributed by atoms with Crippen LogP contribution in [0.3, 0.4) is 0 Å². The molecule has 0 bridgehead atoms. The lowest BCUT2D eigenvalue weighted by Gasteiger charge is -2.29. The summed E-state index contributed by atoms with van der Waals surface area (Å²) in [6, 6.07) is 0. The van der Waals surface area contributed by atoms with E-state index in [-0.39, 0.29) is 5.54 Å². The van der Waals surface area contributed by atoms with E-state index in [4.69, 9.17) is 5.73 Å². The van der Waals surface area contributed by atoms with E-state index in [1.165, 1.54) is 57.8 Å². The van der Waals surface area contributed by atoms with Gasteiger partial charge in [-0.25, -0.2) is 0 Å². The van der Waals surface area contributed by atoms with Crippen LogP contribution in [0.1, 0.15) is 85.0 Å². The molecule has 0 amide bonds. The van der Waals surface area contributed by atoms with E-state index in [1.54, 1.807) is 0 Å². The zero-order chi connectivity index (χ0) is 13.9. The molecule has 108 valence electrons. The molecule has 0 radical (unpaired) electrons. The Morgan fingerprint density at radius 2 is 1.50 bits per heavy atom. The van der Waals surface area contributed by atoms with E-state index in [2.05, 4.69) is 27.4 Å². The highest BCUT2D eigenvalue weighted by Crippen LogP contribution is 2.24. The minimum atomic E-state index is -0.0602. The monoisotopic (exact) mass is 253 g/mol. The van der Waals surface area contributed by atoms with Crippen LogP contribution in [0.5, 0.6) is 0 Å². The van der Waals surface area contributed by atoms with Gasteiger partial charge in [-0.15, -0.1) is 6.58 Å². The van der Waals surface area contributed by atoms with Gasteiger partial charge in [0.2, 0.25) is 0 Å². The van der Waals surface area contributed by atoms with Gasteiger partial charge in [0.1, 0.15) is 0 Å². The summed E-state index contributed by atoms with van der Waals surface area (Å²) in [4.78, 5) is 0. The first kappa shape index (κ1) is 17.7. The summed E-state index contributed by atoms with van der Waals surface area (Å²) in [5.41, 5.74) is 6.15. The van der Waals surface area contributed by atoms with Crippen molar-refractivity contribution in [3.8, 4) is 0 Å². The van der Waals surface area contributed by atoms with Gasteiger partial charge in [-0.3, -0.25) is 0 Å². The predicted molar refractivity (Wildman–Crippen MR) is 83.8 cm³/mol. The summed E-state index contributed by atoms with van der Waals surface area (Å²) in [6.07, 6.45) is 15.4. The molecule has 0 aliphatic carbocycles. The fraction of sp³-hybridized carbons (Fsp3) is 0.882. The van der Waals surface area contributed by atoms with E-state index in [9.17, 15) is 0 Å². The summed E-state index contributed by atoms with van der Waals surface area (Å²) in [6.45, 7) is 10.4. The summed E-state index contributed by atoms with van der Waals surface area (Å²) >= 11 is 0. The molecule has 0 aliphatic heterocycles. The van der Waals surface area contributed by atoms with E-state index in [0.29, 0.717) is 5.92 Å². The minimum Gasteiger partial charge on any atom is -0.325 e. The summed E-state index contributed by atoms with van der Waals surface area (Å²) in [5.74, 6) is 0.593. The van der Waals surface area contributed by atoms with Crippen LogP contribution in [0.25, 0.3) is 0 Å². The molecule has 1 unspecified atom stereocenters. The Kier molecular flexibility index (Phi) is 10.4. The smallest absolute Gasteiger partial charge is 0.0128 e. The molecule has 0 aromatic carbocycles. The molecule has 0 aliphatic rings. The van der Waals surface area contributed by atoms with Crippen LogP contribution < -0.4 is 5.73 Å². The third-order valence-corrected chi connectivity index (χ3v) is 3.91. The molecule has 2 N–H and O–H groups in total. The second-order valence-corrected chi connectivity index (χ2v) is 6.31. The third-order valence-electron chi connectivity index (χ3n) is 3.91. The van der Waals surface area contributed by atoms with Crippen molar-refractivity contribution in [2.75, 3.05) is 0 Å². The molecule has 1 heteroatoms. The molecular formula is C17H35N. The van der Waals surface area contributed by atoms with Gasteiger partial charge in [0.05, 0.1) is 0 Å². The number of nitrogens with two attached hydrogens (primary N) is 1. The molecule has 1 atom stereocenters. The third kappa shape index (κ3) is 9.70. The molecule has 0 aromatic heterocycles. The van der Waals surface area contributed by atoms with E-state index >= 15 is 0 Å². The maximum atomic E-state index is 6.21. The Balaban J connectivity index is 3.53. The lowest BCUT2D eigenvalue weighted by molar-refractivity contribution is 0.294. The number of hydrogen-bond acceptors (Lipinski definition) is 1. The van der Waals surface area contributed by atoms with Gasteiger partial charge in [0, 0.05) is 5.54 Å². The van der Waals surface area contributed by atoms with E-state index in [1.807, 2.05) is 6.08 Å². The second-order valence-electron chi connectivity index (χ2n) is 6.31. The van der Waals surface area contributed by atoms with Crippen molar-refractivity contribution >= 4 is 0 Å². The highest BCUT2D eigenvalue weighted by atomic mass is 14.7. The molecule has 0 saturated carbocycles. The molecule has 1 nitrogen and oxygen atoms in total. The lowest BCUT2D eigenvalue weighted by Crippen LogP contribution is -2.40. The quantitative estimate of drug-likeness (QED) is 0.363. The van der Waals surface area contributed by atoms with Crippen LogP contribution in [-0.4, -0.2) is 5.54 Å². The van der Waals surface area contributed by atoms with Crippen LogP contribution in [-0.2, 0) is 0 Å². The number of hydrogen-bond donors (Lipinski definition) is 1. The number of unbranched alkanes of at least 4 members (excludes halogenated alkanes) is 7. The molecular weight excluding hydrogens is 218 g/mol. The van der Waals surface area contributed by atoms with Crippen LogP contribution >= 0.6 is 0 Å². The first-order valence-corrected chi connectivity index (χ1v) is 7.92. The Morgan fingerprint density at radius 1 is 1.00 bits per heavy atom. The fourth-order valence-corrected chi connectivity index (χ4v) is 2.52. The number of allylic oxidation sites excluding steroid dienone is 1. The van der Waals surface area contributed by atoms with E-state index in [0.717, 1.165) is 6.42 Å². The standard InChI is InChI=1S/C17H35N/c1-5-7-8-9-10-11-12-13-15-16(14-6-2)17(3,4)18/h6,16H,2,5,7-15,18H2,1,3-4H3. The van der Waals surface area contributed by atoms with Gasteiger partial charge >= 0.3 is 0 Å². The van der Waals surface area contributed by atoms with Crippen molar-refractivity contribution in [2.45, 2.75) is 90.5 Å². The van der Waals surface area contributed by atoms with Gasteiger partial charge < -0.3 is 5.73 Å². The van der Waals surface area contributed by atoms with Crippen molar-refractivity contribution in [1.82, 2.24) is 0 Å². The highest BCUT2D eigenvalue weighted by Gasteiger charge is 2.22. The molecule has 18 heavy (non-hydrogen) atoms. The van der Waals surface area contributed by atoms with E-state index < -0.39 is 0 Å². The summed E-state index contributed by atoms with van der Waals surface area (Å²) in [7, 11) is 0. The maximum Gasteiger partial charge on any atom is 0.0128 e. The van der Waals surface area contributed by atoms with Gasteiger partial charge in [-0.2, -0.15) is 0 Å². The van der Waals surface area contributed by atoms with Gasteiger partial charge in [-0.05, 0) is 32.6 Å². The largest absolute Gasteiger partial charge is 0.325 e. The second kappa shape index (κ2) is 10.6. The Labute approximate surface area is 115 Å². The van der Waals surface area contributed by atoms with Gasteiger partial charge in [0.15, 0.2) is 0 Å². The Morgan fingerprint density at radius 3 is 1.94 bits per heavy atom. The predicted octanol–water partition coefficient (Wildman–Crippen LogP) is 5.45. The van der Waals surface area contributed by atoms with Crippen molar-refractivity contribution < 1.29 is 0 Å². The van der Waals surface area contributed by atoms with Gasteiger partial charge in [0.25, 0.3) is 0 Å². The van der Waals surface area contributed by atoms with Crippen LogP contribution in [0.15, 0.2) is 12.7 Å². The zero-order valence-corrected chi connectivity index (χ0v) is 13.0. The molecule has 0 spiro atoms. The van der Waals surface area contributed by atoms with Crippen molar-refractivity contribution in [3.05, 3.63) is 12.7 Å². The SMILES string of the molecule is C=CCC(CCCCCCCCCC)C(C)(C)N. The topological polar surface area (TPSA) is 26.0 Å². The summed E-state index contributed by atoms with van der Waals surface area (Å²) < 4.78 is 0. The zero-order valence-electron chi connectivity index (χ0n) is 13.0. The average Bonchev–Trinajstić information content (AvgIpc) is 2.30. The molecule has 0 aromatic rings. The molecule has 0 saturated heterocycles. The fourth-order valence-electron chi connectivity index (χ4n) is 2.52. The molecule has 0 fully saturated rings. The number of rotatable bonds is 12. The van der Waals surface area contributed by atoms with Gasteiger partial charge in [-0.1, -0.05) is 64.4 Å². The molecule has 0 rings (SSSR count). The maximum absolute atomic E-state index is 6.21. The lowest BCUT2D eigenvalue weighted by atomic mass is 9.82. The Hall–Kier alpha value is -0.300. The Bertz CT molecular complexity index is 190. The molecule has 0 heterocycles. The minimum absolute atomic E-state index is 0.0602. The first-order chi connectivity index (χ1) is 8.52. The summed E-state index contributed by atoms with van der Waals surface area (Å²) in [5, 5.41) is 0. The highest BCUT2D eigenvalue weighted by molar-refractivity contribution is 4.87. The van der Waals surface area contributed by atoms with Crippen LogP contribution in [0.4, 0.5) is 0 Å². The van der Waals surface area contributed by atoms with Crippen LogP contribution in [0.2, 0.25) is 0 Å².